The van der Waals surface area contributed by atoms with Crippen LogP contribution in [0.5, 0.6) is 11.5 Å². The molecule has 14 heteroatoms. The van der Waals surface area contributed by atoms with Crippen molar-refractivity contribution in [1.82, 2.24) is 15.3 Å². The maximum atomic E-state index is 14.7. The van der Waals surface area contributed by atoms with Gasteiger partial charge in [0, 0.05) is 16.7 Å². The summed E-state index contributed by atoms with van der Waals surface area (Å²) in [5.41, 5.74) is 7.05. The van der Waals surface area contributed by atoms with Crippen molar-refractivity contribution in [2.75, 3.05) is 26.0 Å². The molecule has 0 aliphatic carbocycles. The standard InChI is InChI=1S/C28H26F3N5O5S/c1-13-4-6-14(7-5-13)20-22-16(26(2,12-41-22)24(32)38)10-19(35-20)27(39,28(29,30)31)11-34-23(37)15-8-17(40-3)21-18(9-15)42-25(33)36-21/h4-10,39H,11-12H2,1-3H3,(H2,32,38)(H2,33,36)(H,34,37)/t26-,27?/m0/s1. The number of thiazole rings is 1. The van der Waals surface area contributed by atoms with E-state index in [-0.39, 0.29) is 40.1 Å². The van der Waals surface area contributed by atoms with Crippen molar-refractivity contribution >= 4 is 38.5 Å². The Labute approximate surface area is 241 Å². The minimum atomic E-state index is -5.30. The van der Waals surface area contributed by atoms with Gasteiger partial charge in [0.15, 0.2) is 5.13 Å². The van der Waals surface area contributed by atoms with Crippen LogP contribution in [0.15, 0.2) is 42.5 Å². The average Bonchev–Trinajstić information content (AvgIpc) is 3.50. The predicted molar refractivity (Wildman–Crippen MR) is 149 cm³/mol. The van der Waals surface area contributed by atoms with E-state index in [2.05, 4.69) is 15.3 Å². The monoisotopic (exact) mass is 601 g/mol. The van der Waals surface area contributed by atoms with Crippen LogP contribution in [0.4, 0.5) is 18.3 Å². The Hall–Kier alpha value is -4.43. The van der Waals surface area contributed by atoms with E-state index < -0.39 is 41.2 Å². The fourth-order valence-electron chi connectivity index (χ4n) is 4.66. The maximum Gasteiger partial charge on any atom is 0.424 e. The number of aryl methyl sites for hydroxylation is 1. The lowest BCUT2D eigenvalue weighted by Gasteiger charge is -2.31. The van der Waals surface area contributed by atoms with Crippen LogP contribution in [0.2, 0.25) is 0 Å². The molecule has 2 amide bonds. The van der Waals surface area contributed by atoms with E-state index in [4.69, 9.17) is 20.9 Å². The number of amides is 2. The van der Waals surface area contributed by atoms with Crippen LogP contribution in [0.3, 0.4) is 0 Å². The molecule has 0 saturated carbocycles. The van der Waals surface area contributed by atoms with E-state index in [1.54, 1.807) is 24.3 Å². The number of fused-ring (bicyclic) bond motifs is 2. The van der Waals surface area contributed by atoms with Gasteiger partial charge < -0.3 is 31.4 Å². The van der Waals surface area contributed by atoms with Gasteiger partial charge in [0.2, 0.25) is 11.5 Å². The summed E-state index contributed by atoms with van der Waals surface area (Å²) >= 11 is 1.07. The molecule has 1 unspecified atom stereocenters. The van der Waals surface area contributed by atoms with Gasteiger partial charge in [0.1, 0.15) is 34.7 Å². The molecule has 1 aliphatic heterocycles. The number of hydrogen-bond acceptors (Lipinski definition) is 9. The second kappa shape index (κ2) is 10.1. The Balaban J connectivity index is 1.59. The summed E-state index contributed by atoms with van der Waals surface area (Å²) in [6.07, 6.45) is -5.30. The second-order valence-corrected chi connectivity index (χ2v) is 11.3. The van der Waals surface area contributed by atoms with Crippen LogP contribution in [0, 0.1) is 6.92 Å². The second-order valence-electron chi connectivity index (χ2n) is 10.2. The quantitative estimate of drug-likeness (QED) is 0.250. The highest BCUT2D eigenvalue weighted by Gasteiger charge is 2.57. The highest BCUT2D eigenvalue weighted by Crippen LogP contribution is 2.47. The minimum absolute atomic E-state index is 0.0144. The SMILES string of the molecule is COc1cc(C(=O)NCC(O)(c2cc3c(c(-c4ccc(C)cc4)n2)OC[C@]3(C)C(N)=O)C(F)(F)F)cc2sc(N)nc12. The van der Waals surface area contributed by atoms with Crippen molar-refractivity contribution in [1.29, 1.82) is 0 Å². The van der Waals surface area contributed by atoms with E-state index in [9.17, 15) is 27.9 Å². The normalized spacial score (nSPS) is 17.8. The number of rotatable bonds is 7. The zero-order valence-corrected chi connectivity index (χ0v) is 23.4. The number of anilines is 1. The van der Waals surface area contributed by atoms with Gasteiger partial charge in [0.05, 0.1) is 24.0 Å². The van der Waals surface area contributed by atoms with Gasteiger partial charge in [-0.25, -0.2) is 9.97 Å². The number of carbonyl (C=O) groups excluding carboxylic acids is 2. The molecule has 220 valence electrons. The number of alkyl halides is 3. The number of carbonyl (C=O) groups is 2. The number of primary amides is 1. The number of benzene rings is 2. The number of hydrogen-bond donors (Lipinski definition) is 4. The first-order valence-electron chi connectivity index (χ1n) is 12.5. The van der Waals surface area contributed by atoms with Crippen LogP contribution in [0.25, 0.3) is 21.5 Å². The Morgan fingerprint density at radius 2 is 1.88 bits per heavy atom. The molecule has 10 nitrogen and oxygen atoms in total. The third-order valence-corrected chi connectivity index (χ3v) is 8.13. The van der Waals surface area contributed by atoms with E-state index in [0.717, 1.165) is 23.0 Å². The molecular weight excluding hydrogens is 575 g/mol. The Bertz CT molecular complexity index is 1730. The number of methoxy groups -OCH3 is 1. The first kappa shape index (κ1) is 29.1. The van der Waals surface area contributed by atoms with Gasteiger partial charge in [-0.2, -0.15) is 13.2 Å². The van der Waals surface area contributed by atoms with E-state index in [1.807, 2.05) is 6.92 Å². The topological polar surface area (TPSA) is 163 Å². The van der Waals surface area contributed by atoms with Crippen LogP contribution in [-0.4, -0.2) is 53.3 Å². The van der Waals surface area contributed by atoms with E-state index in [0.29, 0.717) is 15.8 Å². The maximum absolute atomic E-state index is 14.7. The van der Waals surface area contributed by atoms with Crippen molar-refractivity contribution in [2.45, 2.75) is 31.0 Å². The molecule has 42 heavy (non-hydrogen) atoms. The molecule has 3 heterocycles. The van der Waals surface area contributed by atoms with Crippen molar-refractivity contribution < 1.29 is 37.3 Å². The third kappa shape index (κ3) is 4.75. The fourth-order valence-corrected chi connectivity index (χ4v) is 5.45. The molecule has 2 aromatic carbocycles. The number of ether oxygens (including phenoxy) is 2. The van der Waals surface area contributed by atoms with Gasteiger partial charge in [-0.3, -0.25) is 9.59 Å². The van der Waals surface area contributed by atoms with Crippen molar-refractivity contribution in [3.05, 3.63) is 64.8 Å². The molecule has 6 N–H and O–H groups in total. The molecule has 0 radical (unpaired) electrons. The van der Waals surface area contributed by atoms with Gasteiger partial charge in [0.25, 0.3) is 5.91 Å². The zero-order valence-electron chi connectivity index (χ0n) is 22.6. The number of nitrogens with zero attached hydrogens (tertiary/aromatic N) is 2. The number of aliphatic hydroxyl groups is 1. The van der Waals surface area contributed by atoms with Gasteiger partial charge in [-0.1, -0.05) is 41.2 Å². The lowest BCUT2D eigenvalue weighted by molar-refractivity contribution is -0.265. The summed E-state index contributed by atoms with van der Waals surface area (Å²) < 4.78 is 55.5. The Morgan fingerprint density at radius 1 is 1.19 bits per heavy atom. The number of nitrogens with one attached hydrogen (secondary N) is 1. The minimum Gasteiger partial charge on any atom is -0.494 e. The Kier molecular flexibility index (Phi) is 7.02. The molecule has 4 aromatic rings. The molecule has 2 aromatic heterocycles. The fraction of sp³-hybridized carbons (Fsp3) is 0.286. The molecule has 2 atom stereocenters. The number of nitrogen functional groups attached to an aromatic ring is 1. The summed E-state index contributed by atoms with van der Waals surface area (Å²) in [6, 6.07) is 10.4. The predicted octanol–water partition coefficient (Wildman–Crippen LogP) is 3.57. The molecule has 0 bridgehead atoms. The van der Waals surface area contributed by atoms with Crippen molar-refractivity contribution in [2.24, 2.45) is 5.73 Å². The van der Waals surface area contributed by atoms with Crippen LogP contribution < -0.4 is 26.3 Å². The average molecular weight is 602 g/mol. The van der Waals surface area contributed by atoms with Crippen LogP contribution in [-0.2, 0) is 15.8 Å². The summed E-state index contributed by atoms with van der Waals surface area (Å²) in [5.74, 6) is -1.47. The number of aromatic nitrogens is 2. The third-order valence-electron chi connectivity index (χ3n) is 7.30. The first-order chi connectivity index (χ1) is 19.7. The van der Waals surface area contributed by atoms with Crippen LogP contribution >= 0.6 is 11.3 Å². The van der Waals surface area contributed by atoms with Crippen molar-refractivity contribution in [3.63, 3.8) is 0 Å². The summed E-state index contributed by atoms with van der Waals surface area (Å²) in [4.78, 5) is 33.8. The van der Waals surface area contributed by atoms with E-state index in [1.165, 1.54) is 26.2 Å². The lowest BCUT2D eigenvalue weighted by Crippen LogP contribution is -2.51. The van der Waals surface area contributed by atoms with Gasteiger partial charge >= 0.3 is 6.18 Å². The molecule has 5 rings (SSSR count). The summed E-state index contributed by atoms with van der Waals surface area (Å²) in [5, 5.41) is 13.6. The molecular formula is C28H26F3N5O5S. The molecule has 1 aliphatic rings. The summed E-state index contributed by atoms with van der Waals surface area (Å²) in [7, 11) is 1.35. The number of halogens is 3. The lowest BCUT2D eigenvalue weighted by atomic mass is 9.81. The number of nitrogens with two attached hydrogens (primary N) is 2. The molecule has 0 spiro atoms. The molecule has 0 fully saturated rings. The van der Waals surface area contributed by atoms with Gasteiger partial charge in [-0.05, 0) is 32.0 Å². The van der Waals surface area contributed by atoms with Crippen molar-refractivity contribution in [3.8, 4) is 22.8 Å². The Morgan fingerprint density at radius 3 is 2.50 bits per heavy atom. The largest absolute Gasteiger partial charge is 0.494 e. The molecule has 0 saturated heterocycles. The van der Waals surface area contributed by atoms with Crippen LogP contribution in [0.1, 0.15) is 34.1 Å². The zero-order chi connectivity index (χ0) is 30.6. The number of pyridine rings is 1. The smallest absolute Gasteiger partial charge is 0.424 e. The van der Waals surface area contributed by atoms with Gasteiger partial charge in [-0.15, -0.1) is 0 Å². The highest BCUT2D eigenvalue weighted by molar-refractivity contribution is 7.22. The van der Waals surface area contributed by atoms with E-state index >= 15 is 0 Å². The highest BCUT2D eigenvalue weighted by atomic mass is 32.1. The first-order valence-corrected chi connectivity index (χ1v) is 13.4. The summed E-state index contributed by atoms with van der Waals surface area (Å²) in [6.45, 7) is 1.75.